The third-order valence-corrected chi connectivity index (χ3v) is 4.61. The zero-order valence-electron chi connectivity index (χ0n) is 14.9. The molecule has 1 aliphatic rings. The zero-order chi connectivity index (χ0) is 17.6. The maximum atomic E-state index is 4.80. The number of hydrogen-bond acceptors (Lipinski definition) is 2. The molecule has 124 valence electrons. The van der Waals surface area contributed by atoms with Gasteiger partial charge in [-0.25, -0.2) is 4.98 Å². The first-order valence-electron chi connectivity index (χ1n) is 8.17. The second-order valence-electron chi connectivity index (χ2n) is 6.30. The molecule has 1 aromatic heterocycles. The van der Waals surface area contributed by atoms with Crippen molar-refractivity contribution >= 4 is 22.5 Å². The third kappa shape index (κ3) is 4.65. The highest BCUT2D eigenvalue weighted by Crippen LogP contribution is 2.31. The first kappa shape index (κ1) is 18.2. The van der Waals surface area contributed by atoms with E-state index in [-0.39, 0.29) is 5.41 Å². The van der Waals surface area contributed by atoms with Gasteiger partial charge in [-0.05, 0) is 19.4 Å². The first-order chi connectivity index (χ1) is 11.5. The van der Waals surface area contributed by atoms with Gasteiger partial charge in [-0.2, -0.15) is 0 Å². The SMILES string of the molecule is C=C(C(/C=C\C)=C/C=C\C)c1csc(C2=CC=CC(C)(C)C=C2)n1. The fourth-order valence-corrected chi connectivity index (χ4v) is 3.13. The average molecular weight is 336 g/mol. The Kier molecular flexibility index (Phi) is 6.10. The summed E-state index contributed by atoms with van der Waals surface area (Å²) >= 11 is 1.66. The Morgan fingerprint density at radius 1 is 1.21 bits per heavy atom. The van der Waals surface area contributed by atoms with Gasteiger partial charge < -0.3 is 0 Å². The molecule has 1 nitrogen and oxygen atoms in total. The molecule has 0 unspecified atom stereocenters. The maximum absolute atomic E-state index is 4.80. The molecule has 0 saturated heterocycles. The molecule has 0 radical (unpaired) electrons. The van der Waals surface area contributed by atoms with Gasteiger partial charge in [-0.3, -0.25) is 0 Å². The van der Waals surface area contributed by atoms with Crippen LogP contribution < -0.4 is 0 Å². The molecule has 0 N–H and O–H groups in total. The van der Waals surface area contributed by atoms with E-state index in [1.165, 1.54) is 0 Å². The molecule has 0 amide bonds. The number of rotatable bonds is 5. The van der Waals surface area contributed by atoms with Gasteiger partial charge in [0, 0.05) is 21.9 Å². The summed E-state index contributed by atoms with van der Waals surface area (Å²) < 4.78 is 0. The lowest BCUT2D eigenvalue weighted by molar-refractivity contribution is 0.627. The highest BCUT2D eigenvalue weighted by molar-refractivity contribution is 7.11. The van der Waals surface area contributed by atoms with Gasteiger partial charge in [0.1, 0.15) is 5.01 Å². The molecule has 0 atom stereocenters. The standard InChI is InChI=1S/C22H25NS/c1-6-8-11-18(10-7-2)17(3)20-16-24-21(23-20)19-12-9-14-22(4,5)15-13-19/h6-16H,3H2,1-2,4-5H3/b8-6-,10-7-,18-11+. The van der Waals surface area contributed by atoms with Crippen molar-refractivity contribution in [3.05, 3.63) is 89.0 Å². The van der Waals surface area contributed by atoms with E-state index in [0.717, 1.165) is 27.4 Å². The molecule has 0 fully saturated rings. The third-order valence-electron chi connectivity index (χ3n) is 3.72. The number of thiazole rings is 1. The Hall–Kier alpha value is -2.19. The minimum Gasteiger partial charge on any atom is -0.236 e. The van der Waals surface area contributed by atoms with Gasteiger partial charge in [-0.15, -0.1) is 11.3 Å². The topological polar surface area (TPSA) is 12.9 Å². The molecule has 0 bridgehead atoms. The zero-order valence-corrected chi connectivity index (χ0v) is 15.7. The van der Waals surface area contributed by atoms with Crippen LogP contribution in [0.15, 0.2) is 78.3 Å². The average Bonchev–Trinajstić information content (AvgIpc) is 2.96. The quantitative estimate of drug-likeness (QED) is 0.541. The van der Waals surface area contributed by atoms with Crippen LogP contribution in [0.3, 0.4) is 0 Å². The van der Waals surface area contributed by atoms with Crippen LogP contribution in [-0.4, -0.2) is 4.98 Å². The van der Waals surface area contributed by atoms with Gasteiger partial charge in [0.15, 0.2) is 0 Å². The Morgan fingerprint density at radius 3 is 2.71 bits per heavy atom. The summed E-state index contributed by atoms with van der Waals surface area (Å²) in [6.45, 7) is 12.6. The Balaban J connectivity index is 2.29. The van der Waals surface area contributed by atoms with Gasteiger partial charge in [-0.1, -0.05) is 81.2 Å². The van der Waals surface area contributed by atoms with Crippen molar-refractivity contribution in [2.24, 2.45) is 5.41 Å². The summed E-state index contributed by atoms with van der Waals surface area (Å²) in [5.74, 6) is 0. The van der Waals surface area contributed by atoms with E-state index in [0.29, 0.717) is 0 Å². The van der Waals surface area contributed by atoms with Crippen molar-refractivity contribution in [2.75, 3.05) is 0 Å². The molecule has 1 heterocycles. The lowest BCUT2D eigenvalue weighted by Crippen LogP contribution is -2.00. The van der Waals surface area contributed by atoms with Crippen molar-refractivity contribution in [1.29, 1.82) is 0 Å². The molecule has 0 aromatic carbocycles. The molecule has 1 aromatic rings. The number of allylic oxidation sites excluding steroid dienone is 13. The largest absolute Gasteiger partial charge is 0.236 e. The summed E-state index contributed by atoms with van der Waals surface area (Å²) in [6, 6.07) is 0. The second-order valence-corrected chi connectivity index (χ2v) is 7.16. The number of nitrogens with zero attached hydrogens (tertiary/aromatic N) is 1. The minimum absolute atomic E-state index is 0.0796. The van der Waals surface area contributed by atoms with E-state index in [9.17, 15) is 0 Å². The number of hydrogen-bond donors (Lipinski definition) is 0. The Morgan fingerprint density at radius 2 is 2.00 bits per heavy atom. The summed E-state index contributed by atoms with van der Waals surface area (Å²) in [6.07, 6.45) is 21.0. The van der Waals surface area contributed by atoms with Gasteiger partial charge in [0.25, 0.3) is 0 Å². The summed E-state index contributed by atoms with van der Waals surface area (Å²) in [4.78, 5) is 4.80. The van der Waals surface area contributed by atoms with E-state index in [4.69, 9.17) is 4.98 Å². The predicted octanol–water partition coefficient (Wildman–Crippen LogP) is 6.77. The molecule has 0 saturated carbocycles. The second kappa shape index (κ2) is 8.07. The normalized spacial score (nSPS) is 17.5. The monoisotopic (exact) mass is 335 g/mol. The number of aromatic nitrogens is 1. The summed E-state index contributed by atoms with van der Waals surface area (Å²) in [5.41, 5.74) is 4.19. The molecule has 0 aliphatic heterocycles. The van der Waals surface area contributed by atoms with Crippen LogP contribution in [0, 0.1) is 5.41 Å². The van der Waals surface area contributed by atoms with Crippen LogP contribution in [-0.2, 0) is 0 Å². The highest BCUT2D eigenvalue weighted by atomic mass is 32.1. The lowest BCUT2D eigenvalue weighted by Gasteiger charge is -2.12. The predicted molar refractivity (Wildman–Crippen MR) is 109 cm³/mol. The fraction of sp³-hybridized carbons (Fsp3) is 0.227. The lowest BCUT2D eigenvalue weighted by atomic mass is 9.93. The summed E-state index contributed by atoms with van der Waals surface area (Å²) in [5, 5.41) is 3.11. The van der Waals surface area contributed by atoms with Gasteiger partial charge in [0.05, 0.1) is 5.69 Å². The van der Waals surface area contributed by atoms with Gasteiger partial charge >= 0.3 is 0 Å². The maximum Gasteiger partial charge on any atom is 0.124 e. The molecule has 2 heteroatoms. The van der Waals surface area contributed by atoms with Crippen LogP contribution in [0.1, 0.15) is 38.4 Å². The van der Waals surface area contributed by atoms with Crippen molar-refractivity contribution in [3.8, 4) is 0 Å². The fourth-order valence-electron chi connectivity index (χ4n) is 2.29. The highest BCUT2D eigenvalue weighted by Gasteiger charge is 2.14. The van der Waals surface area contributed by atoms with E-state index in [1.807, 2.05) is 32.1 Å². The Labute approximate surface area is 149 Å². The van der Waals surface area contributed by atoms with Crippen LogP contribution in [0.25, 0.3) is 11.1 Å². The van der Waals surface area contributed by atoms with Crippen LogP contribution in [0.5, 0.6) is 0 Å². The molecule has 1 aliphatic carbocycles. The van der Waals surface area contributed by atoms with E-state index in [2.05, 4.69) is 68.3 Å². The molecule has 2 rings (SSSR count). The van der Waals surface area contributed by atoms with E-state index >= 15 is 0 Å². The molecule has 0 spiro atoms. The first-order valence-corrected chi connectivity index (χ1v) is 9.05. The molecular formula is C22H25NS. The van der Waals surface area contributed by atoms with Gasteiger partial charge in [0.2, 0.25) is 0 Å². The van der Waals surface area contributed by atoms with Crippen molar-refractivity contribution in [3.63, 3.8) is 0 Å². The molecule has 24 heavy (non-hydrogen) atoms. The molecular weight excluding hydrogens is 310 g/mol. The summed E-state index contributed by atoms with van der Waals surface area (Å²) in [7, 11) is 0. The van der Waals surface area contributed by atoms with Crippen molar-refractivity contribution in [1.82, 2.24) is 4.98 Å². The van der Waals surface area contributed by atoms with E-state index in [1.54, 1.807) is 11.3 Å². The van der Waals surface area contributed by atoms with Crippen LogP contribution in [0.2, 0.25) is 0 Å². The van der Waals surface area contributed by atoms with Crippen LogP contribution >= 0.6 is 11.3 Å². The van der Waals surface area contributed by atoms with Crippen molar-refractivity contribution < 1.29 is 0 Å². The smallest absolute Gasteiger partial charge is 0.124 e. The Bertz CT molecular complexity index is 777. The van der Waals surface area contributed by atoms with Crippen LogP contribution in [0.4, 0.5) is 0 Å². The van der Waals surface area contributed by atoms with E-state index < -0.39 is 0 Å². The van der Waals surface area contributed by atoms with Crippen molar-refractivity contribution in [2.45, 2.75) is 27.7 Å². The minimum atomic E-state index is 0.0796.